The monoisotopic (exact) mass is 347 g/mol. The zero-order valence-electron chi connectivity index (χ0n) is 13.4. The molecule has 122 valence electrons. The molecule has 1 atom stereocenters. The fraction of sp³-hybridized carbons (Fsp3) is 0.389. The summed E-state index contributed by atoms with van der Waals surface area (Å²) in [6, 6.07) is 11.7. The van der Waals surface area contributed by atoms with Gasteiger partial charge in [-0.2, -0.15) is 0 Å². The maximum Gasteiger partial charge on any atom is 0.251 e. The van der Waals surface area contributed by atoms with E-state index in [1.165, 1.54) is 23.5 Å². The summed E-state index contributed by atoms with van der Waals surface area (Å²) in [5, 5.41) is 2.98. The Hall–Kier alpha value is -1.33. The van der Waals surface area contributed by atoms with Crippen molar-refractivity contribution >= 4 is 29.4 Å². The Bertz CT molecular complexity index is 660. The molecule has 3 nitrogen and oxygen atoms in total. The Balaban J connectivity index is 1.63. The fourth-order valence-electron chi connectivity index (χ4n) is 2.51. The van der Waals surface area contributed by atoms with Crippen molar-refractivity contribution in [1.82, 2.24) is 5.32 Å². The van der Waals surface area contributed by atoms with Crippen LogP contribution >= 0.6 is 23.5 Å². The average Bonchev–Trinajstić information content (AvgIpc) is 3.02. The maximum absolute atomic E-state index is 12.4. The van der Waals surface area contributed by atoms with E-state index in [-0.39, 0.29) is 11.9 Å². The average molecular weight is 348 g/mol. The van der Waals surface area contributed by atoms with Gasteiger partial charge < -0.3 is 9.73 Å². The lowest BCUT2D eigenvalue weighted by Gasteiger charge is -2.21. The van der Waals surface area contributed by atoms with Gasteiger partial charge in [0.25, 0.3) is 5.91 Å². The Morgan fingerprint density at radius 3 is 2.48 bits per heavy atom. The number of carbonyl (C=O) groups is 1. The largest absolute Gasteiger partial charge is 0.464 e. The molecular formula is C18H21NO2S2. The molecule has 1 N–H and O–H groups in total. The van der Waals surface area contributed by atoms with Crippen LogP contribution in [0.5, 0.6) is 0 Å². The molecule has 1 unspecified atom stereocenters. The number of benzene rings is 1. The van der Waals surface area contributed by atoms with Gasteiger partial charge >= 0.3 is 0 Å². The minimum Gasteiger partial charge on any atom is -0.464 e. The van der Waals surface area contributed by atoms with Crippen molar-refractivity contribution < 1.29 is 9.21 Å². The van der Waals surface area contributed by atoms with Crippen molar-refractivity contribution in [2.24, 2.45) is 0 Å². The summed E-state index contributed by atoms with van der Waals surface area (Å²) < 4.78 is 6.07. The highest BCUT2D eigenvalue weighted by Gasteiger charge is 2.18. The second-order valence-corrected chi connectivity index (χ2v) is 8.42. The molecule has 1 amide bonds. The standard InChI is InChI=1S/C18H21NO2S2/c1-12-4-9-16(21-12)13(2)19-17(20)14-5-7-15(8-6-14)18-22-10-3-11-23-18/h4-9,13,18H,3,10-11H2,1-2H3,(H,19,20). The number of nitrogens with one attached hydrogen (secondary N) is 1. The molecule has 0 bridgehead atoms. The van der Waals surface area contributed by atoms with Crippen molar-refractivity contribution in [3.8, 4) is 0 Å². The Morgan fingerprint density at radius 2 is 1.87 bits per heavy atom. The number of carbonyl (C=O) groups excluding carboxylic acids is 1. The van der Waals surface area contributed by atoms with Crippen LogP contribution < -0.4 is 5.32 Å². The van der Waals surface area contributed by atoms with Crippen LogP contribution in [0, 0.1) is 6.92 Å². The highest BCUT2D eigenvalue weighted by atomic mass is 32.2. The molecule has 3 rings (SSSR count). The molecule has 23 heavy (non-hydrogen) atoms. The minimum atomic E-state index is -0.139. The summed E-state index contributed by atoms with van der Waals surface area (Å²) in [6.07, 6.45) is 1.29. The van der Waals surface area contributed by atoms with Gasteiger partial charge in [-0.15, -0.1) is 23.5 Å². The van der Waals surface area contributed by atoms with E-state index in [0.717, 1.165) is 11.5 Å². The molecule has 0 radical (unpaired) electrons. The first kappa shape index (κ1) is 16.5. The highest BCUT2D eigenvalue weighted by molar-refractivity contribution is 8.16. The van der Waals surface area contributed by atoms with Gasteiger partial charge in [0.2, 0.25) is 0 Å². The molecule has 1 fully saturated rings. The van der Waals surface area contributed by atoms with Gasteiger partial charge in [-0.3, -0.25) is 4.79 Å². The number of hydrogen-bond acceptors (Lipinski definition) is 4. The number of rotatable bonds is 4. The van der Waals surface area contributed by atoms with Gasteiger partial charge in [-0.05, 0) is 61.6 Å². The molecule has 0 aliphatic carbocycles. The van der Waals surface area contributed by atoms with E-state index in [0.29, 0.717) is 10.1 Å². The predicted octanol–water partition coefficient (Wildman–Crippen LogP) is 4.95. The predicted molar refractivity (Wildman–Crippen MR) is 98.0 cm³/mol. The third kappa shape index (κ3) is 4.15. The third-order valence-electron chi connectivity index (χ3n) is 3.81. The SMILES string of the molecule is Cc1ccc(C(C)NC(=O)c2ccc(C3SCCCS3)cc2)o1. The van der Waals surface area contributed by atoms with Gasteiger partial charge in [-0.25, -0.2) is 0 Å². The molecule has 1 saturated heterocycles. The molecule has 0 saturated carbocycles. The zero-order valence-corrected chi connectivity index (χ0v) is 15.0. The number of furan rings is 1. The van der Waals surface area contributed by atoms with Gasteiger partial charge in [0.05, 0.1) is 10.6 Å². The number of aryl methyl sites for hydroxylation is 1. The van der Waals surface area contributed by atoms with Crippen LogP contribution in [0.25, 0.3) is 0 Å². The van der Waals surface area contributed by atoms with E-state index in [9.17, 15) is 4.79 Å². The zero-order chi connectivity index (χ0) is 16.2. The normalized spacial score (nSPS) is 17.0. The lowest BCUT2D eigenvalue weighted by molar-refractivity contribution is 0.0935. The van der Waals surface area contributed by atoms with Crippen LogP contribution in [0.15, 0.2) is 40.8 Å². The first-order valence-electron chi connectivity index (χ1n) is 7.84. The van der Waals surface area contributed by atoms with Crippen molar-refractivity contribution in [3.05, 3.63) is 59.0 Å². The smallest absolute Gasteiger partial charge is 0.251 e. The van der Waals surface area contributed by atoms with Gasteiger partial charge in [-0.1, -0.05) is 12.1 Å². The Labute approximate surface area is 145 Å². The van der Waals surface area contributed by atoms with Crippen molar-refractivity contribution in [2.75, 3.05) is 11.5 Å². The van der Waals surface area contributed by atoms with Crippen molar-refractivity contribution in [2.45, 2.75) is 30.9 Å². The Morgan fingerprint density at radius 1 is 1.17 bits per heavy atom. The van der Waals surface area contributed by atoms with E-state index in [2.05, 4.69) is 17.4 Å². The Kier molecular flexibility index (Phi) is 5.38. The molecule has 1 aliphatic heterocycles. The second-order valence-electron chi connectivity index (χ2n) is 5.69. The molecule has 1 aromatic heterocycles. The van der Waals surface area contributed by atoms with Gasteiger partial charge in [0.15, 0.2) is 0 Å². The first-order valence-corrected chi connectivity index (χ1v) is 9.93. The van der Waals surface area contributed by atoms with E-state index < -0.39 is 0 Å². The number of hydrogen-bond donors (Lipinski definition) is 1. The summed E-state index contributed by atoms with van der Waals surface area (Å²) in [5.41, 5.74) is 1.99. The maximum atomic E-state index is 12.4. The first-order chi connectivity index (χ1) is 11.1. The highest BCUT2D eigenvalue weighted by Crippen LogP contribution is 2.43. The van der Waals surface area contributed by atoms with E-state index in [1.54, 1.807) is 0 Å². The second kappa shape index (κ2) is 7.49. The van der Waals surface area contributed by atoms with Crippen LogP contribution in [0.3, 0.4) is 0 Å². The van der Waals surface area contributed by atoms with E-state index >= 15 is 0 Å². The van der Waals surface area contributed by atoms with Crippen molar-refractivity contribution in [1.29, 1.82) is 0 Å². The lowest BCUT2D eigenvalue weighted by atomic mass is 10.1. The molecule has 1 aromatic carbocycles. The topological polar surface area (TPSA) is 42.2 Å². The van der Waals surface area contributed by atoms with Gasteiger partial charge in [0.1, 0.15) is 11.5 Å². The summed E-state index contributed by atoms with van der Waals surface area (Å²) >= 11 is 3.98. The molecule has 0 spiro atoms. The molecule has 2 heterocycles. The number of thioether (sulfide) groups is 2. The summed E-state index contributed by atoms with van der Waals surface area (Å²) in [5.74, 6) is 4.01. The van der Waals surface area contributed by atoms with Gasteiger partial charge in [0, 0.05) is 5.56 Å². The van der Waals surface area contributed by atoms with Crippen LogP contribution in [-0.4, -0.2) is 17.4 Å². The molecule has 2 aromatic rings. The molecular weight excluding hydrogens is 326 g/mol. The lowest BCUT2D eigenvalue weighted by Crippen LogP contribution is -2.26. The third-order valence-corrected chi connectivity index (χ3v) is 6.82. The fourth-order valence-corrected chi connectivity index (χ4v) is 5.40. The van der Waals surface area contributed by atoms with Crippen LogP contribution in [-0.2, 0) is 0 Å². The minimum absolute atomic E-state index is 0.0675. The summed E-state index contributed by atoms with van der Waals surface area (Å²) in [7, 11) is 0. The van der Waals surface area contributed by atoms with Crippen LogP contribution in [0.1, 0.15) is 51.4 Å². The van der Waals surface area contributed by atoms with E-state index in [4.69, 9.17) is 4.42 Å². The quantitative estimate of drug-likeness (QED) is 0.850. The molecule has 1 aliphatic rings. The van der Waals surface area contributed by atoms with Crippen molar-refractivity contribution in [3.63, 3.8) is 0 Å². The summed E-state index contributed by atoms with van der Waals surface area (Å²) in [6.45, 7) is 3.83. The number of amides is 1. The van der Waals surface area contributed by atoms with E-state index in [1.807, 2.05) is 61.6 Å². The van der Waals surface area contributed by atoms with Crippen LogP contribution in [0.4, 0.5) is 0 Å². The molecule has 5 heteroatoms. The van der Waals surface area contributed by atoms with Crippen LogP contribution in [0.2, 0.25) is 0 Å². The summed E-state index contributed by atoms with van der Waals surface area (Å²) in [4.78, 5) is 12.4.